The molecular weight excluding hydrogens is 407 g/mol. The fraction of sp³-hybridized carbons (Fsp3) is 0.250. The van der Waals surface area contributed by atoms with Crippen molar-refractivity contribution >= 4 is 29.4 Å². The van der Waals surface area contributed by atoms with Crippen molar-refractivity contribution in [2.45, 2.75) is 42.8 Å². The first-order chi connectivity index (χ1) is 15.8. The Labute approximate surface area is 197 Å². The van der Waals surface area contributed by atoms with Gasteiger partial charge in [-0.2, -0.15) is 0 Å². The second kappa shape index (κ2) is 11.8. The molecule has 1 aliphatic rings. The molecule has 1 aromatic heterocycles. The molecule has 162 valence electrons. The van der Waals surface area contributed by atoms with Crippen molar-refractivity contribution in [3.63, 3.8) is 0 Å². The summed E-state index contributed by atoms with van der Waals surface area (Å²) in [4.78, 5) is 5.34. The van der Waals surface area contributed by atoms with Gasteiger partial charge in [-0.05, 0) is 24.5 Å². The molecule has 1 fully saturated rings. The Kier molecular flexibility index (Phi) is 8.27. The van der Waals surface area contributed by atoms with Crippen LogP contribution in [0.1, 0.15) is 32.1 Å². The van der Waals surface area contributed by atoms with Gasteiger partial charge in [0.05, 0.1) is 6.33 Å². The van der Waals surface area contributed by atoms with Crippen molar-refractivity contribution in [2.24, 2.45) is 0 Å². The maximum atomic E-state index is 3.96. The number of nitrogens with zero attached hydrogens (tertiary/aromatic N) is 2. The van der Waals surface area contributed by atoms with Gasteiger partial charge in [-0.15, -0.1) is 11.8 Å². The van der Waals surface area contributed by atoms with Crippen molar-refractivity contribution in [1.29, 1.82) is 0 Å². The summed E-state index contributed by atoms with van der Waals surface area (Å²) in [6, 6.07) is 30.4. The largest absolute Gasteiger partial charge is 0.306 e. The number of hydrogen-bond acceptors (Lipinski definition) is 2. The summed E-state index contributed by atoms with van der Waals surface area (Å²) < 4.78 is 1.97. The standard InChI is InChI=1S/C19H23BS.C9H8N2/c1-21-19-14-8-13-18(15-19)20(16-9-4-2-5-10-16)17-11-6-3-7-12-17;1-2-4-9(5-3-1)11-7-6-10-8-11/h2,4-5,8-10,13-15,17H,3,6-7,11-12H2,1H3;1-8H. The zero-order chi connectivity index (χ0) is 22.0. The van der Waals surface area contributed by atoms with Crippen LogP contribution in [0.15, 0.2) is 109 Å². The average molecular weight is 438 g/mol. The molecule has 0 radical (unpaired) electrons. The predicted octanol–water partition coefficient (Wildman–Crippen LogP) is 6.22. The van der Waals surface area contributed by atoms with Gasteiger partial charge >= 0.3 is 0 Å². The fourth-order valence-corrected chi connectivity index (χ4v) is 5.18. The van der Waals surface area contributed by atoms with Crippen LogP contribution in [0.5, 0.6) is 0 Å². The topological polar surface area (TPSA) is 17.8 Å². The van der Waals surface area contributed by atoms with Crippen LogP contribution < -0.4 is 10.9 Å². The summed E-state index contributed by atoms with van der Waals surface area (Å²) in [5.74, 6) is 0.804. The van der Waals surface area contributed by atoms with E-state index in [0.717, 1.165) is 11.5 Å². The minimum atomic E-state index is 0.568. The number of thioether (sulfide) groups is 1. The Balaban J connectivity index is 0.000000186. The van der Waals surface area contributed by atoms with Gasteiger partial charge in [-0.25, -0.2) is 4.98 Å². The molecule has 0 saturated heterocycles. The van der Waals surface area contributed by atoms with E-state index in [2.05, 4.69) is 65.8 Å². The maximum absolute atomic E-state index is 3.96. The molecule has 0 spiro atoms. The third-order valence-corrected chi connectivity index (χ3v) is 7.02. The molecule has 4 heteroatoms. The lowest BCUT2D eigenvalue weighted by molar-refractivity contribution is 0.499. The number of para-hydroxylation sites is 1. The maximum Gasteiger partial charge on any atom is 0.212 e. The quantitative estimate of drug-likeness (QED) is 0.272. The molecule has 0 atom stereocenters. The molecule has 4 aromatic rings. The molecule has 0 amide bonds. The van der Waals surface area contributed by atoms with Crippen molar-refractivity contribution in [1.82, 2.24) is 9.55 Å². The van der Waals surface area contributed by atoms with E-state index in [1.54, 1.807) is 12.5 Å². The summed E-state index contributed by atoms with van der Waals surface area (Å²) in [7, 11) is 0. The lowest BCUT2D eigenvalue weighted by atomic mass is 9.32. The number of aromatic nitrogens is 2. The van der Waals surface area contributed by atoms with Gasteiger partial charge in [0.15, 0.2) is 0 Å². The zero-order valence-electron chi connectivity index (χ0n) is 18.8. The van der Waals surface area contributed by atoms with E-state index in [1.165, 1.54) is 47.9 Å². The third kappa shape index (κ3) is 5.95. The molecule has 5 rings (SSSR count). The number of imidazole rings is 1. The first-order valence-electron chi connectivity index (χ1n) is 11.6. The van der Waals surface area contributed by atoms with Crippen LogP contribution in [0.4, 0.5) is 0 Å². The minimum Gasteiger partial charge on any atom is -0.306 e. The molecule has 0 bridgehead atoms. The van der Waals surface area contributed by atoms with Gasteiger partial charge in [0.25, 0.3) is 0 Å². The summed E-state index contributed by atoms with van der Waals surface area (Å²) in [6.07, 6.45) is 14.6. The van der Waals surface area contributed by atoms with Gasteiger partial charge in [0, 0.05) is 23.0 Å². The van der Waals surface area contributed by atoms with Gasteiger partial charge in [0.1, 0.15) is 0 Å². The molecule has 32 heavy (non-hydrogen) atoms. The Morgan fingerprint density at radius 3 is 2.16 bits per heavy atom. The van der Waals surface area contributed by atoms with Crippen LogP contribution in [0.2, 0.25) is 5.82 Å². The molecule has 2 nitrogen and oxygen atoms in total. The number of rotatable bonds is 5. The van der Waals surface area contributed by atoms with Crippen LogP contribution in [0.25, 0.3) is 5.69 Å². The first-order valence-corrected chi connectivity index (χ1v) is 12.8. The third-order valence-electron chi connectivity index (χ3n) is 6.29. The Morgan fingerprint density at radius 2 is 1.50 bits per heavy atom. The van der Waals surface area contributed by atoms with Crippen molar-refractivity contribution in [2.75, 3.05) is 6.26 Å². The number of benzene rings is 3. The highest BCUT2D eigenvalue weighted by atomic mass is 32.2. The normalized spacial score (nSPS) is 13.8. The zero-order valence-corrected chi connectivity index (χ0v) is 19.6. The summed E-state index contributed by atoms with van der Waals surface area (Å²) in [6.45, 7) is 0.568. The monoisotopic (exact) mass is 438 g/mol. The van der Waals surface area contributed by atoms with E-state index < -0.39 is 0 Å². The summed E-state index contributed by atoms with van der Waals surface area (Å²) in [5.41, 5.74) is 4.13. The highest BCUT2D eigenvalue weighted by molar-refractivity contribution is 7.98. The second-order valence-corrected chi connectivity index (χ2v) is 9.25. The van der Waals surface area contributed by atoms with Gasteiger partial charge in [-0.3, -0.25) is 0 Å². The van der Waals surface area contributed by atoms with Crippen LogP contribution >= 0.6 is 11.8 Å². The second-order valence-electron chi connectivity index (χ2n) is 8.37. The van der Waals surface area contributed by atoms with E-state index in [9.17, 15) is 0 Å². The smallest absolute Gasteiger partial charge is 0.212 e. The summed E-state index contributed by atoms with van der Waals surface area (Å²) in [5, 5.41) is 0. The van der Waals surface area contributed by atoms with E-state index in [1.807, 2.05) is 52.9 Å². The van der Waals surface area contributed by atoms with Gasteiger partial charge < -0.3 is 4.57 Å². The lowest BCUT2D eigenvalue weighted by Gasteiger charge is -2.29. The summed E-state index contributed by atoms with van der Waals surface area (Å²) >= 11 is 1.84. The molecule has 3 aromatic carbocycles. The molecule has 1 heterocycles. The Morgan fingerprint density at radius 1 is 0.812 bits per heavy atom. The van der Waals surface area contributed by atoms with E-state index >= 15 is 0 Å². The van der Waals surface area contributed by atoms with Crippen LogP contribution in [-0.2, 0) is 0 Å². The van der Waals surface area contributed by atoms with E-state index in [0.29, 0.717) is 6.71 Å². The van der Waals surface area contributed by atoms with Crippen molar-refractivity contribution in [3.8, 4) is 5.69 Å². The fourth-order valence-electron chi connectivity index (χ4n) is 4.71. The molecule has 1 saturated carbocycles. The highest BCUT2D eigenvalue weighted by Gasteiger charge is 2.30. The number of hydrogen-bond donors (Lipinski definition) is 0. The highest BCUT2D eigenvalue weighted by Crippen LogP contribution is 2.31. The van der Waals surface area contributed by atoms with E-state index in [4.69, 9.17) is 0 Å². The molecule has 1 aliphatic carbocycles. The first kappa shape index (κ1) is 22.5. The molecule has 0 N–H and O–H groups in total. The molecule has 0 unspecified atom stereocenters. The van der Waals surface area contributed by atoms with Crippen molar-refractivity contribution < 1.29 is 0 Å². The Bertz CT molecular complexity index is 1050. The molecule has 0 aliphatic heterocycles. The lowest BCUT2D eigenvalue weighted by Crippen LogP contribution is -2.46. The van der Waals surface area contributed by atoms with E-state index in [-0.39, 0.29) is 0 Å². The molecular formula is C28H31BN2S. The Hall–Kier alpha value is -2.72. The van der Waals surface area contributed by atoms with Crippen molar-refractivity contribution in [3.05, 3.63) is 104 Å². The minimum absolute atomic E-state index is 0.568. The van der Waals surface area contributed by atoms with Gasteiger partial charge in [-0.1, -0.05) is 116 Å². The SMILES string of the molecule is CSc1cccc(B(c2ccccc2)C2CCCCC2)c1.c1ccc(-n2ccnc2)cc1. The predicted molar refractivity (Wildman–Crippen MR) is 140 cm³/mol. The van der Waals surface area contributed by atoms with Crippen LogP contribution in [-0.4, -0.2) is 22.5 Å². The van der Waals surface area contributed by atoms with Crippen LogP contribution in [0.3, 0.4) is 0 Å². The van der Waals surface area contributed by atoms with Gasteiger partial charge in [0.2, 0.25) is 6.71 Å². The van der Waals surface area contributed by atoms with Crippen LogP contribution in [0, 0.1) is 0 Å². The average Bonchev–Trinajstić information content (AvgIpc) is 3.42.